The number of benzene rings is 3. The smallest absolute Gasteiger partial charge is 0.193 e. The fourth-order valence-corrected chi connectivity index (χ4v) is 4.20. The Morgan fingerprint density at radius 2 is 1.66 bits per heavy atom. The molecule has 0 unspecified atom stereocenters. The van der Waals surface area contributed by atoms with Crippen LogP contribution in [-0.4, -0.2) is 21.6 Å². The molecular formula is C23H18N4OS. The molecule has 0 saturated heterocycles. The van der Waals surface area contributed by atoms with Gasteiger partial charge < -0.3 is 4.74 Å². The summed E-state index contributed by atoms with van der Waals surface area (Å²) in [6.07, 6.45) is 0. The van der Waals surface area contributed by atoms with Crippen molar-refractivity contribution in [1.29, 1.82) is 0 Å². The van der Waals surface area contributed by atoms with E-state index in [1.54, 1.807) is 18.4 Å². The number of aromatic nitrogens is 3. The number of hydrogen-bond donors (Lipinski definition) is 0. The Kier molecular flexibility index (Phi) is 4.54. The van der Waals surface area contributed by atoms with Crippen molar-refractivity contribution in [2.45, 2.75) is 6.54 Å². The lowest BCUT2D eigenvalue weighted by molar-refractivity contribution is 0.414. The van der Waals surface area contributed by atoms with E-state index >= 15 is 0 Å². The van der Waals surface area contributed by atoms with E-state index in [0.29, 0.717) is 6.54 Å². The number of fused-ring (bicyclic) bond motifs is 2. The number of para-hydroxylation sites is 2. The molecule has 142 valence electrons. The van der Waals surface area contributed by atoms with Crippen LogP contribution in [0.5, 0.6) is 5.75 Å². The molecule has 0 bridgehead atoms. The first-order valence-electron chi connectivity index (χ1n) is 9.29. The number of hydrogen-bond acceptors (Lipinski definition) is 5. The molecule has 5 rings (SSSR count). The summed E-state index contributed by atoms with van der Waals surface area (Å²) < 4.78 is 7.49. The summed E-state index contributed by atoms with van der Waals surface area (Å²) in [7, 11) is 1.67. The van der Waals surface area contributed by atoms with Gasteiger partial charge in [0.15, 0.2) is 15.3 Å². The van der Waals surface area contributed by atoms with Crippen molar-refractivity contribution in [3.8, 4) is 11.4 Å². The highest BCUT2D eigenvalue weighted by Gasteiger charge is 2.13. The topological polar surface area (TPSA) is 52.3 Å². The van der Waals surface area contributed by atoms with Gasteiger partial charge >= 0.3 is 0 Å². The van der Waals surface area contributed by atoms with Crippen LogP contribution in [0, 0.1) is 0 Å². The average Bonchev–Trinajstić information content (AvgIpc) is 3.14. The van der Waals surface area contributed by atoms with Gasteiger partial charge in [-0.25, -0.2) is 9.97 Å². The number of thiazole rings is 1. The molecule has 2 aromatic heterocycles. The Morgan fingerprint density at radius 3 is 2.45 bits per heavy atom. The highest BCUT2D eigenvalue weighted by Crippen LogP contribution is 2.23. The molecule has 3 aromatic carbocycles. The third kappa shape index (κ3) is 3.39. The van der Waals surface area contributed by atoms with Crippen molar-refractivity contribution < 1.29 is 4.74 Å². The van der Waals surface area contributed by atoms with Crippen LogP contribution < -0.4 is 9.54 Å². The second kappa shape index (κ2) is 7.48. The third-order valence-electron chi connectivity index (χ3n) is 4.66. The van der Waals surface area contributed by atoms with Crippen molar-refractivity contribution in [2.75, 3.05) is 7.11 Å². The number of ether oxygens (including phenoxy) is 1. The first kappa shape index (κ1) is 17.6. The zero-order valence-electron chi connectivity index (χ0n) is 15.8. The van der Waals surface area contributed by atoms with Crippen LogP contribution in [0.1, 0.15) is 5.56 Å². The molecule has 0 fully saturated rings. The monoisotopic (exact) mass is 398 g/mol. The molecule has 0 amide bonds. The lowest BCUT2D eigenvalue weighted by Crippen LogP contribution is -2.13. The van der Waals surface area contributed by atoms with Gasteiger partial charge in [-0.2, -0.15) is 0 Å². The van der Waals surface area contributed by atoms with E-state index in [1.807, 2.05) is 66.7 Å². The molecule has 2 heterocycles. The van der Waals surface area contributed by atoms with E-state index in [0.717, 1.165) is 43.3 Å². The summed E-state index contributed by atoms with van der Waals surface area (Å²) in [6, 6.07) is 26.1. The van der Waals surface area contributed by atoms with Gasteiger partial charge in [-0.1, -0.05) is 59.9 Å². The molecule has 0 aliphatic carbocycles. The van der Waals surface area contributed by atoms with Crippen molar-refractivity contribution >= 4 is 32.8 Å². The van der Waals surface area contributed by atoms with Crippen LogP contribution in [-0.2, 0) is 6.54 Å². The Labute approximate surface area is 171 Å². The van der Waals surface area contributed by atoms with Crippen LogP contribution in [0.15, 0.2) is 83.9 Å². The van der Waals surface area contributed by atoms with Crippen LogP contribution >= 0.6 is 11.3 Å². The largest absolute Gasteiger partial charge is 0.497 e. The Balaban J connectivity index is 1.77. The molecule has 0 saturated carbocycles. The molecular weight excluding hydrogens is 380 g/mol. The van der Waals surface area contributed by atoms with Gasteiger partial charge in [0.25, 0.3) is 0 Å². The molecule has 0 aliphatic rings. The van der Waals surface area contributed by atoms with Crippen molar-refractivity contribution in [2.24, 2.45) is 4.99 Å². The minimum Gasteiger partial charge on any atom is -0.497 e. The molecule has 0 spiro atoms. The fraction of sp³-hybridized carbons (Fsp3) is 0.0870. The van der Waals surface area contributed by atoms with Gasteiger partial charge in [-0.15, -0.1) is 0 Å². The number of rotatable bonds is 4. The Bertz CT molecular complexity index is 1370. The van der Waals surface area contributed by atoms with E-state index < -0.39 is 0 Å². The van der Waals surface area contributed by atoms with E-state index in [2.05, 4.69) is 16.7 Å². The van der Waals surface area contributed by atoms with Gasteiger partial charge in [0.05, 0.1) is 30.4 Å². The van der Waals surface area contributed by atoms with Crippen molar-refractivity contribution in [3.05, 3.63) is 89.2 Å². The quantitative estimate of drug-likeness (QED) is 0.439. The Morgan fingerprint density at radius 1 is 0.897 bits per heavy atom. The third-order valence-corrected chi connectivity index (χ3v) is 5.63. The standard InChI is InChI=1S/C23H18N4OS/c1-28-18-11-7-10-17(14-18)27-21-22(26-20-13-6-5-12-19(20)25-21)29-23(27)24-15-16-8-3-2-4-9-16/h2-14H,15H2,1H3. The minimum absolute atomic E-state index is 0.594. The predicted octanol–water partition coefficient (Wildman–Crippen LogP) is 4.74. The normalized spacial score (nSPS) is 12.0. The van der Waals surface area contributed by atoms with Crippen LogP contribution in [0.3, 0.4) is 0 Å². The summed E-state index contributed by atoms with van der Waals surface area (Å²) >= 11 is 1.55. The van der Waals surface area contributed by atoms with Crippen LogP contribution in [0.25, 0.3) is 27.2 Å². The van der Waals surface area contributed by atoms with Gasteiger partial charge in [-0.05, 0) is 29.8 Å². The highest BCUT2D eigenvalue weighted by atomic mass is 32.1. The van der Waals surface area contributed by atoms with Gasteiger partial charge in [0.2, 0.25) is 0 Å². The lowest BCUT2D eigenvalue weighted by Gasteiger charge is -2.07. The maximum atomic E-state index is 5.43. The average molecular weight is 398 g/mol. The minimum atomic E-state index is 0.594. The predicted molar refractivity (Wildman–Crippen MR) is 117 cm³/mol. The van der Waals surface area contributed by atoms with E-state index in [9.17, 15) is 0 Å². The van der Waals surface area contributed by atoms with Crippen LogP contribution in [0.4, 0.5) is 0 Å². The second-order valence-electron chi connectivity index (χ2n) is 6.56. The molecule has 5 nitrogen and oxygen atoms in total. The fourth-order valence-electron chi connectivity index (χ4n) is 3.24. The Hall–Kier alpha value is -3.51. The lowest BCUT2D eigenvalue weighted by atomic mass is 10.2. The zero-order valence-corrected chi connectivity index (χ0v) is 16.6. The summed E-state index contributed by atoms with van der Waals surface area (Å²) in [5.74, 6) is 0.789. The van der Waals surface area contributed by atoms with E-state index in [1.165, 1.54) is 0 Å². The van der Waals surface area contributed by atoms with Crippen LogP contribution in [0.2, 0.25) is 0 Å². The number of methoxy groups -OCH3 is 1. The van der Waals surface area contributed by atoms with Gasteiger partial charge in [-0.3, -0.25) is 9.56 Å². The number of nitrogens with zero attached hydrogens (tertiary/aromatic N) is 4. The summed E-state index contributed by atoms with van der Waals surface area (Å²) in [4.78, 5) is 16.3. The SMILES string of the molecule is COc1cccc(-n2c(=NCc3ccccc3)sc3nc4ccccc4nc32)c1. The summed E-state index contributed by atoms with van der Waals surface area (Å²) in [6.45, 7) is 0.594. The molecule has 0 aliphatic heterocycles. The molecule has 0 N–H and O–H groups in total. The van der Waals surface area contributed by atoms with E-state index in [4.69, 9.17) is 19.7 Å². The van der Waals surface area contributed by atoms with Gasteiger partial charge in [0, 0.05) is 6.07 Å². The first-order chi connectivity index (χ1) is 14.3. The van der Waals surface area contributed by atoms with Crippen molar-refractivity contribution in [1.82, 2.24) is 14.5 Å². The van der Waals surface area contributed by atoms with Gasteiger partial charge in [0.1, 0.15) is 5.75 Å². The molecule has 29 heavy (non-hydrogen) atoms. The summed E-state index contributed by atoms with van der Waals surface area (Å²) in [5, 5.41) is 0. The molecule has 0 atom stereocenters. The first-order valence-corrected chi connectivity index (χ1v) is 10.1. The molecule has 5 aromatic rings. The summed E-state index contributed by atoms with van der Waals surface area (Å²) in [5.41, 5.74) is 4.66. The zero-order chi connectivity index (χ0) is 19.6. The second-order valence-corrected chi connectivity index (χ2v) is 7.52. The maximum Gasteiger partial charge on any atom is 0.193 e. The molecule has 6 heteroatoms. The highest BCUT2D eigenvalue weighted by molar-refractivity contribution is 7.15. The maximum absolute atomic E-state index is 5.43. The molecule has 0 radical (unpaired) electrons. The van der Waals surface area contributed by atoms with E-state index in [-0.39, 0.29) is 0 Å². The van der Waals surface area contributed by atoms with Crippen molar-refractivity contribution in [3.63, 3.8) is 0 Å².